The molecule has 1 amide bonds. The minimum atomic E-state index is -0.482. The second-order valence-electron chi connectivity index (χ2n) is 4.78. The van der Waals surface area contributed by atoms with Gasteiger partial charge in [0.2, 0.25) is 5.91 Å². The average Bonchev–Trinajstić information content (AvgIpc) is 2.13. The topological polar surface area (TPSA) is 55.4 Å². The molecule has 94 valence electrons. The molecule has 16 heavy (non-hydrogen) atoms. The van der Waals surface area contributed by atoms with Crippen LogP contribution < -0.4 is 5.32 Å². The molecule has 1 N–H and O–H groups in total. The third kappa shape index (κ3) is 6.56. The van der Waals surface area contributed by atoms with Gasteiger partial charge in [-0.05, 0) is 18.8 Å². The van der Waals surface area contributed by atoms with E-state index in [1.165, 1.54) is 6.92 Å². The molecule has 0 rings (SSSR count). The van der Waals surface area contributed by atoms with Crippen molar-refractivity contribution in [3.63, 3.8) is 0 Å². The zero-order chi connectivity index (χ0) is 12.7. The van der Waals surface area contributed by atoms with Crippen LogP contribution in [-0.4, -0.2) is 30.9 Å². The number of ether oxygens (including phenoxy) is 1. The lowest BCUT2D eigenvalue weighted by Crippen LogP contribution is -2.35. The monoisotopic (exact) mass is 229 g/mol. The summed E-state index contributed by atoms with van der Waals surface area (Å²) in [6, 6.07) is 0. The first-order valence-electron chi connectivity index (χ1n) is 5.73. The summed E-state index contributed by atoms with van der Waals surface area (Å²) in [6.45, 7) is 9.91. The Bertz CT molecular complexity index is 236. The molecule has 1 atom stereocenters. The molecule has 0 aliphatic rings. The molecule has 0 aliphatic carbocycles. The van der Waals surface area contributed by atoms with Crippen molar-refractivity contribution in [1.82, 2.24) is 5.32 Å². The van der Waals surface area contributed by atoms with Gasteiger partial charge in [0.05, 0.1) is 0 Å². The number of hydrogen-bond donors (Lipinski definition) is 1. The summed E-state index contributed by atoms with van der Waals surface area (Å²) in [6.07, 6.45) is -0.482. The van der Waals surface area contributed by atoms with Crippen molar-refractivity contribution in [3.05, 3.63) is 0 Å². The van der Waals surface area contributed by atoms with Crippen molar-refractivity contribution >= 4 is 11.7 Å². The molecule has 0 radical (unpaired) electrons. The molecular weight excluding hydrogens is 206 g/mol. The largest absolute Gasteiger partial charge is 0.360 e. The van der Waals surface area contributed by atoms with Gasteiger partial charge < -0.3 is 10.1 Å². The van der Waals surface area contributed by atoms with E-state index in [0.717, 1.165) is 0 Å². The predicted octanol–water partition coefficient (Wildman–Crippen LogP) is 1.39. The number of carbonyl (C=O) groups is 2. The van der Waals surface area contributed by atoms with Crippen LogP contribution in [0, 0.1) is 11.8 Å². The van der Waals surface area contributed by atoms with E-state index in [-0.39, 0.29) is 24.2 Å². The summed E-state index contributed by atoms with van der Waals surface area (Å²) in [7, 11) is 0. The van der Waals surface area contributed by atoms with Gasteiger partial charge in [-0.3, -0.25) is 9.59 Å². The second-order valence-corrected chi connectivity index (χ2v) is 4.78. The van der Waals surface area contributed by atoms with E-state index < -0.39 is 6.10 Å². The van der Waals surface area contributed by atoms with Crippen LogP contribution in [0.25, 0.3) is 0 Å². The summed E-state index contributed by atoms with van der Waals surface area (Å²) >= 11 is 0. The second kappa shape index (κ2) is 7.39. The highest BCUT2D eigenvalue weighted by molar-refractivity contribution is 5.82. The summed E-state index contributed by atoms with van der Waals surface area (Å²) in [5.74, 6) is 0.306. The maximum Gasteiger partial charge on any atom is 0.246 e. The molecule has 0 aromatic rings. The lowest BCUT2D eigenvalue weighted by molar-refractivity contribution is -0.137. The van der Waals surface area contributed by atoms with E-state index in [4.69, 9.17) is 4.74 Å². The molecule has 0 bridgehead atoms. The number of hydrogen-bond acceptors (Lipinski definition) is 3. The fourth-order valence-corrected chi connectivity index (χ4v) is 1.31. The van der Waals surface area contributed by atoms with Crippen LogP contribution in [0.15, 0.2) is 0 Å². The molecule has 0 aromatic heterocycles. The lowest BCUT2D eigenvalue weighted by atomic mass is 10.0. The fourth-order valence-electron chi connectivity index (χ4n) is 1.31. The maximum atomic E-state index is 11.3. The Balaban J connectivity index is 3.93. The van der Waals surface area contributed by atoms with Gasteiger partial charge in [0.1, 0.15) is 12.7 Å². The van der Waals surface area contributed by atoms with Gasteiger partial charge in [-0.1, -0.05) is 27.7 Å². The average molecular weight is 229 g/mol. The van der Waals surface area contributed by atoms with Gasteiger partial charge in [0.15, 0.2) is 5.78 Å². The molecule has 0 aliphatic heterocycles. The van der Waals surface area contributed by atoms with Crippen molar-refractivity contribution in [2.45, 2.75) is 40.7 Å². The van der Waals surface area contributed by atoms with Gasteiger partial charge >= 0.3 is 0 Å². The van der Waals surface area contributed by atoms with Gasteiger partial charge in [-0.2, -0.15) is 0 Å². The summed E-state index contributed by atoms with van der Waals surface area (Å²) in [4.78, 5) is 22.6. The van der Waals surface area contributed by atoms with E-state index in [1.807, 2.05) is 27.7 Å². The van der Waals surface area contributed by atoms with Crippen LogP contribution in [0.4, 0.5) is 0 Å². The smallest absolute Gasteiger partial charge is 0.246 e. The predicted molar refractivity (Wildman–Crippen MR) is 63.1 cm³/mol. The third-order valence-corrected chi connectivity index (χ3v) is 2.11. The number of amides is 1. The van der Waals surface area contributed by atoms with E-state index in [0.29, 0.717) is 12.5 Å². The van der Waals surface area contributed by atoms with Gasteiger partial charge in [0.25, 0.3) is 0 Å². The number of nitrogens with one attached hydrogen (secondary N) is 1. The number of rotatable bonds is 7. The van der Waals surface area contributed by atoms with E-state index >= 15 is 0 Å². The van der Waals surface area contributed by atoms with Crippen LogP contribution in [0.5, 0.6) is 0 Å². The molecule has 4 heteroatoms. The van der Waals surface area contributed by atoms with Crippen LogP contribution in [0.3, 0.4) is 0 Å². The molecule has 0 saturated heterocycles. The zero-order valence-electron chi connectivity index (χ0n) is 10.9. The lowest BCUT2D eigenvalue weighted by Gasteiger charge is -2.18. The Morgan fingerprint density at radius 3 is 2.12 bits per heavy atom. The molecule has 0 fully saturated rings. The number of carbonyl (C=O) groups excluding carboxylic acids is 2. The molecule has 0 aromatic carbocycles. The minimum absolute atomic E-state index is 0.0355. The Labute approximate surface area is 97.7 Å². The number of Topliss-reactive ketones (excluding diaryl/α,β-unsaturated/α-hetero) is 1. The first kappa shape index (κ1) is 15.1. The van der Waals surface area contributed by atoms with E-state index in [2.05, 4.69) is 5.32 Å². The first-order valence-corrected chi connectivity index (χ1v) is 5.73. The number of ketones is 1. The van der Waals surface area contributed by atoms with E-state index in [1.54, 1.807) is 0 Å². The Kier molecular flexibility index (Phi) is 6.97. The van der Waals surface area contributed by atoms with Gasteiger partial charge in [-0.15, -0.1) is 0 Å². The fraction of sp³-hybridized carbons (Fsp3) is 0.833. The highest BCUT2D eigenvalue weighted by Gasteiger charge is 2.19. The van der Waals surface area contributed by atoms with Gasteiger partial charge in [-0.25, -0.2) is 0 Å². The van der Waals surface area contributed by atoms with Crippen LogP contribution >= 0.6 is 0 Å². The molecule has 0 spiro atoms. The van der Waals surface area contributed by atoms with Gasteiger partial charge in [0, 0.05) is 6.54 Å². The highest BCUT2D eigenvalue weighted by atomic mass is 16.5. The summed E-state index contributed by atoms with van der Waals surface area (Å²) < 4.78 is 5.30. The Hall–Kier alpha value is -0.900. The van der Waals surface area contributed by atoms with E-state index in [9.17, 15) is 9.59 Å². The molecule has 1 unspecified atom stereocenters. The Morgan fingerprint density at radius 2 is 1.75 bits per heavy atom. The minimum Gasteiger partial charge on any atom is -0.360 e. The van der Waals surface area contributed by atoms with Crippen molar-refractivity contribution < 1.29 is 14.3 Å². The van der Waals surface area contributed by atoms with Crippen molar-refractivity contribution in [2.75, 3.05) is 13.2 Å². The zero-order valence-corrected chi connectivity index (χ0v) is 10.9. The SMILES string of the molecule is CC(=O)C(OCC(=O)NCC(C)C)C(C)C. The molecule has 4 nitrogen and oxygen atoms in total. The van der Waals surface area contributed by atoms with Crippen LogP contribution in [0.2, 0.25) is 0 Å². The van der Waals surface area contributed by atoms with Crippen molar-refractivity contribution in [1.29, 1.82) is 0 Å². The van der Waals surface area contributed by atoms with Crippen molar-refractivity contribution in [2.24, 2.45) is 11.8 Å². The quantitative estimate of drug-likeness (QED) is 0.717. The normalized spacial score (nSPS) is 12.9. The molecule has 0 saturated carbocycles. The summed E-state index contributed by atoms with van der Waals surface area (Å²) in [5, 5.41) is 2.74. The highest BCUT2D eigenvalue weighted by Crippen LogP contribution is 2.07. The first-order chi connectivity index (χ1) is 7.34. The molecule has 0 heterocycles. The standard InChI is InChI=1S/C12H23NO3/c1-8(2)6-13-11(15)7-16-12(9(3)4)10(5)14/h8-9,12H,6-7H2,1-5H3,(H,13,15). The maximum absolute atomic E-state index is 11.3. The molecular formula is C12H23NO3. The summed E-state index contributed by atoms with van der Waals surface area (Å²) in [5.41, 5.74) is 0. The van der Waals surface area contributed by atoms with Crippen LogP contribution in [0.1, 0.15) is 34.6 Å². The third-order valence-electron chi connectivity index (χ3n) is 2.11. The Morgan fingerprint density at radius 1 is 1.19 bits per heavy atom. The van der Waals surface area contributed by atoms with Crippen LogP contribution in [-0.2, 0) is 14.3 Å². The van der Waals surface area contributed by atoms with Crippen molar-refractivity contribution in [3.8, 4) is 0 Å².